The monoisotopic (exact) mass is 433 g/mol. The fraction of sp³-hybridized carbons (Fsp3) is 0.150. The maximum Gasteiger partial charge on any atom is 0.256 e. The van der Waals surface area contributed by atoms with Crippen LogP contribution in [-0.2, 0) is 5.60 Å². The van der Waals surface area contributed by atoms with E-state index in [1.54, 1.807) is 56.8 Å². The second-order valence-electron chi connectivity index (χ2n) is 6.84. The number of carbonyl (C=O) groups is 1. The van der Waals surface area contributed by atoms with Crippen molar-refractivity contribution in [2.75, 3.05) is 5.32 Å². The second-order valence-corrected chi connectivity index (χ2v) is 6.84. The maximum atomic E-state index is 12.5. The molecule has 4 rings (SSSR count). The molecule has 0 atom stereocenters. The van der Waals surface area contributed by atoms with Gasteiger partial charge in [0, 0.05) is 24.2 Å². The van der Waals surface area contributed by atoms with E-state index in [4.69, 9.17) is 0 Å². The van der Waals surface area contributed by atoms with Crippen LogP contribution >= 0.6 is 24.8 Å². The summed E-state index contributed by atoms with van der Waals surface area (Å²) < 4.78 is 3.74. The molecule has 0 saturated heterocycles. The van der Waals surface area contributed by atoms with E-state index in [1.165, 1.54) is 0 Å². The molecule has 0 aliphatic rings. The number of pyridine rings is 1. The Labute approximate surface area is 180 Å². The standard InChI is InChI=1S/C20H19N5O2.2ClH/c1-20(2,27)15-5-3-14(4-6-15)19(26)23-17-12-25-11-16(7-8-18(25)22-17)24-10-9-21-13-24;;/h3-13,27H,1-2H3,(H,23,26);2*1H. The van der Waals surface area contributed by atoms with Gasteiger partial charge in [-0.3, -0.25) is 4.79 Å². The summed E-state index contributed by atoms with van der Waals surface area (Å²) in [7, 11) is 0. The van der Waals surface area contributed by atoms with Crippen LogP contribution in [0.25, 0.3) is 11.3 Å². The van der Waals surface area contributed by atoms with Crippen LogP contribution in [0.4, 0.5) is 5.82 Å². The number of aliphatic hydroxyl groups is 1. The Balaban J connectivity index is 0.00000150. The summed E-state index contributed by atoms with van der Waals surface area (Å²) in [5.41, 5.74) is 1.98. The zero-order valence-corrected chi connectivity index (χ0v) is 17.4. The van der Waals surface area contributed by atoms with Crippen LogP contribution in [-0.4, -0.2) is 29.9 Å². The number of imidazole rings is 2. The van der Waals surface area contributed by atoms with E-state index >= 15 is 0 Å². The zero-order valence-electron chi connectivity index (χ0n) is 15.8. The van der Waals surface area contributed by atoms with Gasteiger partial charge in [0.2, 0.25) is 0 Å². The van der Waals surface area contributed by atoms with E-state index in [0.717, 1.165) is 16.9 Å². The normalized spacial score (nSPS) is 10.9. The lowest BCUT2D eigenvalue weighted by Crippen LogP contribution is -2.16. The lowest BCUT2D eigenvalue weighted by atomic mass is 9.97. The minimum atomic E-state index is -0.941. The molecule has 2 N–H and O–H groups in total. The smallest absolute Gasteiger partial charge is 0.256 e. The minimum Gasteiger partial charge on any atom is -0.386 e. The molecule has 7 nitrogen and oxygen atoms in total. The summed E-state index contributed by atoms with van der Waals surface area (Å²) in [6, 6.07) is 10.7. The molecule has 0 saturated carbocycles. The summed E-state index contributed by atoms with van der Waals surface area (Å²) in [5, 5.41) is 12.8. The van der Waals surface area contributed by atoms with Gasteiger partial charge in [-0.2, -0.15) is 0 Å². The van der Waals surface area contributed by atoms with Gasteiger partial charge < -0.3 is 19.4 Å². The fourth-order valence-corrected chi connectivity index (χ4v) is 2.82. The quantitative estimate of drug-likeness (QED) is 0.511. The average Bonchev–Trinajstić information content (AvgIpc) is 3.29. The van der Waals surface area contributed by atoms with Crippen LogP contribution < -0.4 is 5.32 Å². The van der Waals surface area contributed by atoms with Crippen molar-refractivity contribution in [2.45, 2.75) is 19.4 Å². The van der Waals surface area contributed by atoms with Crippen LogP contribution in [0.15, 0.2) is 67.5 Å². The number of benzene rings is 1. The fourth-order valence-electron chi connectivity index (χ4n) is 2.82. The van der Waals surface area contributed by atoms with Gasteiger partial charge >= 0.3 is 0 Å². The van der Waals surface area contributed by atoms with Gasteiger partial charge in [0.05, 0.1) is 23.8 Å². The number of rotatable bonds is 4. The molecular weight excluding hydrogens is 413 g/mol. The van der Waals surface area contributed by atoms with Crippen molar-refractivity contribution in [2.24, 2.45) is 0 Å². The number of aromatic nitrogens is 4. The number of halogens is 2. The van der Waals surface area contributed by atoms with E-state index in [1.807, 2.05) is 33.5 Å². The first-order valence-corrected chi connectivity index (χ1v) is 8.51. The molecule has 1 amide bonds. The van der Waals surface area contributed by atoms with Crippen LogP contribution in [0.2, 0.25) is 0 Å². The molecule has 9 heteroatoms. The van der Waals surface area contributed by atoms with Gasteiger partial charge in [0.25, 0.3) is 5.91 Å². The number of carbonyl (C=O) groups excluding carboxylic acids is 1. The molecule has 3 heterocycles. The van der Waals surface area contributed by atoms with E-state index in [-0.39, 0.29) is 30.7 Å². The third kappa shape index (κ3) is 4.76. The van der Waals surface area contributed by atoms with Crippen molar-refractivity contribution in [3.05, 3.63) is 78.6 Å². The van der Waals surface area contributed by atoms with Crippen molar-refractivity contribution in [1.29, 1.82) is 0 Å². The predicted molar refractivity (Wildman–Crippen MR) is 116 cm³/mol. The van der Waals surface area contributed by atoms with Crippen molar-refractivity contribution in [3.63, 3.8) is 0 Å². The van der Waals surface area contributed by atoms with Gasteiger partial charge in [-0.1, -0.05) is 12.1 Å². The molecule has 0 fully saturated rings. The molecule has 0 bridgehead atoms. The molecule has 0 spiro atoms. The number of nitrogens with zero attached hydrogens (tertiary/aromatic N) is 4. The SMILES string of the molecule is CC(C)(O)c1ccc(C(=O)Nc2cn3cc(-n4ccnc4)ccc3n2)cc1.Cl.Cl. The largest absolute Gasteiger partial charge is 0.386 e. The summed E-state index contributed by atoms with van der Waals surface area (Å²) >= 11 is 0. The number of hydrogen-bond acceptors (Lipinski definition) is 4. The number of fused-ring (bicyclic) bond motifs is 1. The third-order valence-electron chi connectivity index (χ3n) is 4.33. The van der Waals surface area contributed by atoms with Gasteiger partial charge in [0.15, 0.2) is 5.82 Å². The maximum absolute atomic E-state index is 12.5. The van der Waals surface area contributed by atoms with Crippen molar-refractivity contribution in [1.82, 2.24) is 18.9 Å². The third-order valence-corrected chi connectivity index (χ3v) is 4.33. The molecule has 0 aliphatic heterocycles. The highest BCUT2D eigenvalue weighted by molar-refractivity contribution is 6.03. The van der Waals surface area contributed by atoms with Crippen molar-refractivity contribution >= 4 is 42.2 Å². The lowest BCUT2D eigenvalue weighted by Gasteiger charge is -2.17. The Morgan fingerprint density at radius 3 is 2.41 bits per heavy atom. The number of nitrogens with one attached hydrogen (secondary N) is 1. The van der Waals surface area contributed by atoms with E-state index in [2.05, 4.69) is 15.3 Å². The van der Waals surface area contributed by atoms with E-state index in [9.17, 15) is 9.90 Å². The Kier molecular flexibility index (Phi) is 6.69. The molecule has 1 aromatic carbocycles. The van der Waals surface area contributed by atoms with Gasteiger partial charge in [-0.05, 0) is 43.7 Å². The number of hydrogen-bond donors (Lipinski definition) is 2. The molecule has 0 radical (unpaired) electrons. The van der Waals surface area contributed by atoms with Crippen LogP contribution in [0.1, 0.15) is 29.8 Å². The summed E-state index contributed by atoms with van der Waals surface area (Å²) in [5.74, 6) is 0.213. The highest BCUT2D eigenvalue weighted by Crippen LogP contribution is 2.20. The molecule has 0 unspecified atom stereocenters. The first-order valence-electron chi connectivity index (χ1n) is 8.51. The van der Waals surface area contributed by atoms with Gasteiger partial charge in [-0.25, -0.2) is 9.97 Å². The number of amides is 1. The van der Waals surface area contributed by atoms with E-state index < -0.39 is 5.60 Å². The minimum absolute atomic E-state index is 0. The molecule has 29 heavy (non-hydrogen) atoms. The first-order chi connectivity index (χ1) is 12.9. The molecular formula is C20H21Cl2N5O2. The lowest BCUT2D eigenvalue weighted by molar-refractivity contribution is 0.0785. The second kappa shape index (κ2) is 8.65. The Bertz CT molecular complexity index is 1100. The summed E-state index contributed by atoms with van der Waals surface area (Å²) in [4.78, 5) is 20.9. The van der Waals surface area contributed by atoms with Crippen LogP contribution in [0, 0.1) is 0 Å². The molecule has 4 aromatic rings. The highest BCUT2D eigenvalue weighted by Gasteiger charge is 2.16. The summed E-state index contributed by atoms with van der Waals surface area (Å²) in [6.45, 7) is 3.41. The average molecular weight is 434 g/mol. The number of anilines is 1. The predicted octanol–water partition coefficient (Wildman–Crippen LogP) is 3.84. The zero-order chi connectivity index (χ0) is 19.0. The Morgan fingerprint density at radius 2 is 1.79 bits per heavy atom. The molecule has 0 aliphatic carbocycles. The summed E-state index contributed by atoms with van der Waals surface area (Å²) in [6.07, 6.45) is 8.97. The van der Waals surface area contributed by atoms with Crippen LogP contribution in [0.3, 0.4) is 0 Å². The van der Waals surface area contributed by atoms with Crippen LogP contribution in [0.5, 0.6) is 0 Å². The Morgan fingerprint density at radius 1 is 1.07 bits per heavy atom. The highest BCUT2D eigenvalue weighted by atomic mass is 35.5. The first kappa shape index (κ1) is 22.4. The van der Waals surface area contributed by atoms with E-state index in [0.29, 0.717) is 11.4 Å². The topological polar surface area (TPSA) is 84.5 Å². The van der Waals surface area contributed by atoms with Crippen molar-refractivity contribution in [3.8, 4) is 5.69 Å². The van der Waals surface area contributed by atoms with Gasteiger partial charge in [0.1, 0.15) is 5.65 Å². The Hall–Kier alpha value is -2.87. The molecule has 3 aromatic heterocycles. The van der Waals surface area contributed by atoms with Gasteiger partial charge in [-0.15, -0.1) is 24.8 Å². The molecule has 152 valence electrons. The van der Waals surface area contributed by atoms with Crippen molar-refractivity contribution < 1.29 is 9.90 Å².